The highest BCUT2D eigenvalue weighted by molar-refractivity contribution is 7.92. The zero-order chi connectivity index (χ0) is 35.5. The van der Waals surface area contributed by atoms with Gasteiger partial charge in [-0.15, -0.1) is 0 Å². The van der Waals surface area contributed by atoms with Crippen LogP contribution < -0.4 is 20.5 Å². The molecule has 1 aromatic heterocycles. The van der Waals surface area contributed by atoms with Gasteiger partial charge in [0.05, 0.1) is 29.6 Å². The number of para-hydroxylation sites is 2. The molecule has 1 aliphatic heterocycles. The average Bonchev–Trinajstić information content (AvgIpc) is 3.42. The second-order valence-electron chi connectivity index (χ2n) is 12.5. The van der Waals surface area contributed by atoms with E-state index in [-0.39, 0.29) is 58.0 Å². The molecular weight excluding hydrogens is 648 g/mol. The summed E-state index contributed by atoms with van der Waals surface area (Å²) in [5.74, 6) is -0.311. The number of hydrogen-bond donors (Lipinski definition) is 4. The highest BCUT2D eigenvalue weighted by Gasteiger charge is 2.34. The Labute approximate surface area is 286 Å². The average molecular weight is 691 g/mol. The zero-order valence-electron chi connectivity index (χ0n) is 28.1. The van der Waals surface area contributed by atoms with Gasteiger partial charge < -0.3 is 30.3 Å². The van der Waals surface area contributed by atoms with E-state index >= 15 is 0 Å². The maximum Gasteiger partial charge on any atom is 0.267 e. The van der Waals surface area contributed by atoms with Gasteiger partial charge in [-0.25, -0.2) is 8.42 Å². The van der Waals surface area contributed by atoms with E-state index in [1.54, 1.807) is 60.4 Å². The summed E-state index contributed by atoms with van der Waals surface area (Å²) < 4.78 is 40.5. The maximum atomic E-state index is 13.8. The Morgan fingerprint density at radius 2 is 1.86 bits per heavy atom. The van der Waals surface area contributed by atoms with E-state index in [0.717, 1.165) is 5.56 Å². The molecule has 49 heavy (non-hydrogen) atoms. The minimum atomic E-state index is -4.06. The quantitative estimate of drug-likeness (QED) is 0.166. The predicted molar refractivity (Wildman–Crippen MR) is 186 cm³/mol. The van der Waals surface area contributed by atoms with Gasteiger partial charge in [0.25, 0.3) is 21.8 Å². The van der Waals surface area contributed by atoms with Crippen LogP contribution in [-0.4, -0.2) is 79.2 Å². The molecule has 0 aliphatic carbocycles. The van der Waals surface area contributed by atoms with Crippen LogP contribution in [0.4, 0.5) is 17.1 Å². The van der Waals surface area contributed by atoms with Crippen LogP contribution in [0.3, 0.4) is 0 Å². The first-order chi connectivity index (χ1) is 23.3. The third-order valence-electron chi connectivity index (χ3n) is 8.52. The molecule has 0 unspecified atom stereocenters. The largest absolute Gasteiger partial charge is 0.488 e. The number of nitrogens with two attached hydrogens (primary N) is 1. The van der Waals surface area contributed by atoms with Crippen LogP contribution in [-0.2, 0) is 16.6 Å². The molecule has 3 atom stereocenters. The van der Waals surface area contributed by atoms with Crippen LogP contribution in [0.5, 0.6) is 5.75 Å². The number of nitrogen functional groups attached to an aromatic ring is 1. The molecule has 5 rings (SSSR count). The fourth-order valence-electron chi connectivity index (χ4n) is 5.82. The van der Waals surface area contributed by atoms with Crippen molar-refractivity contribution in [2.24, 2.45) is 5.92 Å². The summed E-state index contributed by atoms with van der Waals surface area (Å²) in [7, 11) is -2.10. The number of anilines is 3. The number of aliphatic hydroxyl groups is 1. The molecule has 13 nitrogen and oxygen atoms in total. The normalized spacial score (nSPS) is 17.1. The number of rotatable bonds is 11. The van der Waals surface area contributed by atoms with Gasteiger partial charge in [-0.3, -0.25) is 19.2 Å². The van der Waals surface area contributed by atoms with Crippen molar-refractivity contribution in [2.75, 3.05) is 42.5 Å². The van der Waals surface area contributed by atoms with Gasteiger partial charge in [-0.1, -0.05) is 36.3 Å². The molecule has 1 aliphatic rings. The molecule has 260 valence electrons. The number of benzene rings is 3. The topological polar surface area (TPSA) is 180 Å². The summed E-state index contributed by atoms with van der Waals surface area (Å²) in [6, 6.07) is 18.5. The molecule has 5 N–H and O–H groups in total. The summed E-state index contributed by atoms with van der Waals surface area (Å²) >= 11 is 0. The Hall–Kier alpha value is -4.92. The molecule has 3 aromatic carbocycles. The summed E-state index contributed by atoms with van der Waals surface area (Å²) in [5.41, 5.74) is 9.03. The highest BCUT2D eigenvalue weighted by atomic mass is 32.2. The van der Waals surface area contributed by atoms with E-state index in [2.05, 4.69) is 20.1 Å². The fraction of sp³-hybridized carbons (Fsp3) is 0.343. The Bertz CT molecular complexity index is 1910. The standard InChI is InChI=1S/C35H42N6O7S/c1-21-17-41(22(2)20-42)35(44)28-16-27(39-49(45,46)33-23(3)38-48-24(33)4)14-15-31(28)47-32(21)19-40(5)18-25-10-12-26(13-11-25)34(43)37-30-9-7-6-8-29(30)36/h6-16,21-22,32,39,42H,17-20,36H2,1-5H3,(H,37,43)/t21-,22+,32-/m0/s1. The van der Waals surface area contributed by atoms with Crippen molar-refractivity contribution in [1.82, 2.24) is 15.0 Å². The van der Waals surface area contributed by atoms with E-state index in [1.165, 1.54) is 19.9 Å². The number of aryl methyl sites for hydroxylation is 2. The second kappa shape index (κ2) is 14.7. The smallest absolute Gasteiger partial charge is 0.267 e. The van der Waals surface area contributed by atoms with Crippen molar-refractivity contribution < 1.29 is 32.4 Å². The van der Waals surface area contributed by atoms with Crippen molar-refractivity contribution in [1.29, 1.82) is 0 Å². The van der Waals surface area contributed by atoms with Gasteiger partial charge in [0.1, 0.15) is 17.5 Å². The number of hydrogen-bond acceptors (Lipinski definition) is 10. The lowest BCUT2D eigenvalue weighted by atomic mass is 9.99. The van der Waals surface area contributed by atoms with Gasteiger partial charge in [0.2, 0.25) is 0 Å². The monoisotopic (exact) mass is 690 g/mol. The fourth-order valence-corrected chi connectivity index (χ4v) is 7.20. The second-order valence-corrected chi connectivity index (χ2v) is 14.1. The van der Waals surface area contributed by atoms with Gasteiger partial charge in [0.15, 0.2) is 10.7 Å². The number of carbonyl (C=O) groups is 2. The van der Waals surface area contributed by atoms with Crippen LogP contribution in [0.2, 0.25) is 0 Å². The molecule has 0 spiro atoms. The summed E-state index contributed by atoms with van der Waals surface area (Å²) in [5, 5.41) is 16.6. The van der Waals surface area contributed by atoms with Crippen molar-refractivity contribution in [3.05, 3.63) is 94.9 Å². The van der Waals surface area contributed by atoms with Gasteiger partial charge >= 0.3 is 0 Å². The highest BCUT2D eigenvalue weighted by Crippen LogP contribution is 2.32. The first-order valence-corrected chi connectivity index (χ1v) is 17.4. The molecule has 14 heteroatoms. The maximum absolute atomic E-state index is 13.8. The van der Waals surface area contributed by atoms with E-state index in [9.17, 15) is 23.1 Å². The Balaban J connectivity index is 1.33. The Kier molecular flexibility index (Phi) is 10.6. The molecule has 4 aromatic rings. The molecule has 0 bridgehead atoms. The van der Waals surface area contributed by atoms with Crippen LogP contribution in [0.1, 0.15) is 51.6 Å². The number of likely N-dealkylation sites (N-methyl/N-ethyl adjacent to an activating group) is 1. The number of nitrogens with zero attached hydrogens (tertiary/aromatic N) is 3. The molecule has 0 saturated heterocycles. The van der Waals surface area contributed by atoms with Gasteiger partial charge in [0, 0.05) is 36.8 Å². The summed E-state index contributed by atoms with van der Waals surface area (Å²) in [4.78, 5) is 30.2. The Morgan fingerprint density at radius 1 is 1.14 bits per heavy atom. The van der Waals surface area contributed by atoms with Crippen LogP contribution in [0.15, 0.2) is 76.1 Å². The van der Waals surface area contributed by atoms with Crippen molar-refractivity contribution >= 4 is 38.9 Å². The number of aromatic nitrogens is 1. The van der Waals surface area contributed by atoms with Gasteiger partial charge in [-0.2, -0.15) is 0 Å². The number of carbonyl (C=O) groups excluding carboxylic acids is 2. The van der Waals surface area contributed by atoms with E-state index in [0.29, 0.717) is 42.3 Å². The number of aliphatic hydroxyl groups excluding tert-OH is 1. The lowest BCUT2D eigenvalue weighted by Crippen LogP contribution is -2.49. The lowest BCUT2D eigenvalue weighted by Gasteiger charge is -2.38. The first-order valence-electron chi connectivity index (χ1n) is 15.9. The van der Waals surface area contributed by atoms with Crippen molar-refractivity contribution in [3.63, 3.8) is 0 Å². The number of fused-ring (bicyclic) bond motifs is 1. The lowest BCUT2D eigenvalue weighted by molar-refractivity contribution is 0.0341. The summed E-state index contributed by atoms with van der Waals surface area (Å²) in [6.45, 7) is 7.91. The van der Waals surface area contributed by atoms with Crippen molar-refractivity contribution in [2.45, 2.75) is 51.3 Å². The molecule has 0 saturated carbocycles. The molecule has 2 amide bonds. The van der Waals surface area contributed by atoms with Crippen LogP contribution in [0.25, 0.3) is 0 Å². The minimum Gasteiger partial charge on any atom is -0.488 e. The third-order valence-corrected chi connectivity index (χ3v) is 10.1. The number of amides is 2. The third kappa shape index (κ3) is 8.04. The van der Waals surface area contributed by atoms with Crippen LogP contribution >= 0.6 is 0 Å². The SMILES string of the molecule is Cc1noc(C)c1S(=O)(=O)Nc1ccc2c(c1)C(=O)N([C@H](C)CO)C[C@H](C)[C@H](CN(C)Cc1ccc(C(=O)Nc3ccccc3N)cc1)O2. The molecule has 2 heterocycles. The van der Waals surface area contributed by atoms with E-state index < -0.39 is 16.1 Å². The van der Waals surface area contributed by atoms with Crippen molar-refractivity contribution in [3.8, 4) is 5.75 Å². The number of sulfonamides is 1. The minimum absolute atomic E-state index is 0.0652. The number of nitrogens with one attached hydrogen (secondary N) is 2. The van der Waals surface area contributed by atoms with Crippen LogP contribution in [0, 0.1) is 19.8 Å². The summed E-state index contributed by atoms with van der Waals surface area (Å²) in [6.07, 6.45) is -0.364. The Morgan fingerprint density at radius 3 is 2.51 bits per heavy atom. The van der Waals surface area contributed by atoms with E-state index in [4.69, 9.17) is 15.0 Å². The molecule has 0 fully saturated rings. The van der Waals surface area contributed by atoms with E-state index in [1.807, 2.05) is 26.1 Å². The number of ether oxygens (including phenoxy) is 1. The van der Waals surface area contributed by atoms with Gasteiger partial charge in [-0.05, 0) is 75.8 Å². The zero-order valence-corrected chi connectivity index (χ0v) is 29.0. The first kappa shape index (κ1) is 35.4. The molecular formula is C35H42N6O7S. The molecule has 0 radical (unpaired) electrons. The predicted octanol–water partition coefficient (Wildman–Crippen LogP) is 4.28.